The first-order chi connectivity index (χ1) is 15.5. The Balaban J connectivity index is 1.63. The summed E-state index contributed by atoms with van der Waals surface area (Å²) in [7, 11) is 0. The van der Waals surface area contributed by atoms with Crippen molar-refractivity contribution in [1.82, 2.24) is 15.3 Å². The molecule has 3 rings (SSSR count). The number of alkyl carbamates (subject to hydrolysis) is 1. The summed E-state index contributed by atoms with van der Waals surface area (Å²) in [6.07, 6.45) is 5.13. The summed E-state index contributed by atoms with van der Waals surface area (Å²) < 4.78 is 19.7. The van der Waals surface area contributed by atoms with Gasteiger partial charge in [-0.05, 0) is 58.1 Å². The SMILES string of the molecule is CC(C)(C)OC(=O)NC[C@@H]1CCC[C@H](C(=O)Nc2cc(-c3ccnc(Cl)c3Cl)c(F)cn2)C1. The van der Waals surface area contributed by atoms with Gasteiger partial charge in [0.15, 0.2) is 0 Å². The summed E-state index contributed by atoms with van der Waals surface area (Å²) in [6, 6.07) is 2.97. The van der Waals surface area contributed by atoms with Crippen molar-refractivity contribution in [2.45, 2.75) is 52.1 Å². The maximum Gasteiger partial charge on any atom is 0.407 e. The normalized spacial score (nSPS) is 18.5. The third-order valence-corrected chi connectivity index (χ3v) is 6.10. The number of hydrogen-bond acceptors (Lipinski definition) is 5. The number of carbonyl (C=O) groups excluding carboxylic acids is 2. The molecule has 0 unspecified atom stereocenters. The van der Waals surface area contributed by atoms with E-state index in [1.165, 1.54) is 12.3 Å². The highest BCUT2D eigenvalue weighted by molar-refractivity contribution is 6.43. The van der Waals surface area contributed by atoms with Crippen LogP contribution >= 0.6 is 23.2 Å². The Hall–Kier alpha value is -2.45. The van der Waals surface area contributed by atoms with E-state index in [1.807, 2.05) is 0 Å². The summed E-state index contributed by atoms with van der Waals surface area (Å²) in [5.74, 6) is -0.645. The summed E-state index contributed by atoms with van der Waals surface area (Å²) in [5.41, 5.74) is -0.0398. The Morgan fingerprint density at radius 1 is 1.21 bits per heavy atom. The first-order valence-corrected chi connectivity index (χ1v) is 11.5. The molecule has 1 saturated carbocycles. The minimum Gasteiger partial charge on any atom is -0.444 e. The van der Waals surface area contributed by atoms with E-state index in [1.54, 1.807) is 26.8 Å². The molecule has 1 aliphatic rings. The lowest BCUT2D eigenvalue weighted by Crippen LogP contribution is -2.37. The lowest BCUT2D eigenvalue weighted by molar-refractivity contribution is -0.121. The van der Waals surface area contributed by atoms with Gasteiger partial charge in [0.1, 0.15) is 22.4 Å². The highest BCUT2D eigenvalue weighted by Gasteiger charge is 2.28. The van der Waals surface area contributed by atoms with Crippen molar-refractivity contribution in [2.24, 2.45) is 11.8 Å². The van der Waals surface area contributed by atoms with Gasteiger partial charge in [0.2, 0.25) is 5.91 Å². The van der Waals surface area contributed by atoms with E-state index in [0.717, 1.165) is 25.5 Å². The summed E-state index contributed by atoms with van der Waals surface area (Å²) in [4.78, 5) is 32.6. The lowest BCUT2D eigenvalue weighted by Gasteiger charge is -2.29. The molecule has 2 atom stereocenters. The van der Waals surface area contributed by atoms with Crippen molar-refractivity contribution in [3.8, 4) is 11.1 Å². The van der Waals surface area contributed by atoms with Crippen LogP contribution in [0.25, 0.3) is 11.1 Å². The number of amides is 2. The average molecular weight is 497 g/mol. The van der Waals surface area contributed by atoms with Crippen molar-refractivity contribution in [3.63, 3.8) is 0 Å². The molecule has 7 nitrogen and oxygen atoms in total. The highest BCUT2D eigenvalue weighted by atomic mass is 35.5. The van der Waals surface area contributed by atoms with Crippen LogP contribution in [0.3, 0.4) is 0 Å². The number of nitrogens with zero attached hydrogens (tertiary/aromatic N) is 2. The van der Waals surface area contributed by atoms with E-state index in [9.17, 15) is 14.0 Å². The third kappa shape index (κ3) is 7.01. The molecular weight excluding hydrogens is 470 g/mol. The lowest BCUT2D eigenvalue weighted by atomic mass is 9.81. The molecule has 2 heterocycles. The van der Waals surface area contributed by atoms with Crippen LogP contribution in [0.2, 0.25) is 10.2 Å². The van der Waals surface area contributed by atoms with Gasteiger partial charge in [-0.15, -0.1) is 0 Å². The van der Waals surface area contributed by atoms with Gasteiger partial charge in [-0.1, -0.05) is 29.6 Å². The smallest absolute Gasteiger partial charge is 0.407 e. The Labute approximate surface area is 202 Å². The number of anilines is 1. The maximum atomic E-state index is 14.4. The van der Waals surface area contributed by atoms with Crippen molar-refractivity contribution in [3.05, 3.63) is 40.5 Å². The van der Waals surface area contributed by atoms with E-state index in [-0.39, 0.29) is 39.3 Å². The second-order valence-electron chi connectivity index (χ2n) is 9.11. The Bertz CT molecular complexity index is 1030. The van der Waals surface area contributed by atoms with Gasteiger partial charge in [-0.2, -0.15) is 0 Å². The molecular formula is C23H27Cl2FN4O3. The molecule has 0 aromatic carbocycles. The summed E-state index contributed by atoms with van der Waals surface area (Å²) in [5, 5.41) is 5.74. The summed E-state index contributed by atoms with van der Waals surface area (Å²) in [6.45, 7) is 5.86. The zero-order valence-electron chi connectivity index (χ0n) is 18.8. The van der Waals surface area contributed by atoms with E-state index in [0.29, 0.717) is 18.5 Å². The van der Waals surface area contributed by atoms with E-state index >= 15 is 0 Å². The largest absolute Gasteiger partial charge is 0.444 e. The molecule has 2 N–H and O–H groups in total. The van der Waals surface area contributed by atoms with Crippen LogP contribution in [0.15, 0.2) is 24.5 Å². The van der Waals surface area contributed by atoms with Crippen LogP contribution < -0.4 is 10.6 Å². The van der Waals surface area contributed by atoms with Gasteiger partial charge in [-0.25, -0.2) is 19.2 Å². The number of halogens is 3. The number of ether oxygens (including phenoxy) is 1. The fraction of sp³-hybridized carbons (Fsp3) is 0.478. The molecule has 0 saturated heterocycles. The van der Waals surface area contributed by atoms with Gasteiger partial charge < -0.3 is 15.4 Å². The van der Waals surface area contributed by atoms with Crippen LogP contribution in [-0.4, -0.2) is 34.1 Å². The first-order valence-electron chi connectivity index (χ1n) is 10.8. The number of rotatable bonds is 5. The molecule has 10 heteroatoms. The Kier molecular flexibility index (Phi) is 8.13. The van der Waals surface area contributed by atoms with E-state index in [2.05, 4.69) is 20.6 Å². The average Bonchev–Trinajstić information content (AvgIpc) is 2.75. The number of nitrogens with one attached hydrogen (secondary N) is 2. The maximum absolute atomic E-state index is 14.4. The molecule has 0 spiro atoms. The Morgan fingerprint density at radius 2 is 1.97 bits per heavy atom. The van der Waals surface area contributed by atoms with Crippen molar-refractivity contribution in [1.29, 1.82) is 0 Å². The van der Waals surface area contributed by atoms with Gasteiger partial charge in [-0.3, -0.25) is 4.79 Å². The van der Waals surface area contributed by atoms with Crippen molar-refractivity contribution in [2.75, 3.05) is 11.9 Å². The molecule has 2 aromatic rings. The second kappa shape index (κ2) is 10.7. The van der Waals surface area contributed by atoms with Gasteiger partial charge in [0.05, 0.1) is 11.2 Å². The molecule has 33 heavy (non-hydrogen) atoms. The minimum absolute atomic E-state index is 0.0594. The molecule has 2 amide bonds. The third-order valence-electron chi connectivity index (χ3n) is 5.33. The molecule has 0 bridgehead atoms. The zero-order valence-corrected chi connectivity index (χ0v) is 20.3. The van der Waals surface area contributed by atoms with Gasteiger partial charge in [0, 0.05) is 29.8 Å². The number of aromatic nitrogens is 2. The van der Waals surface area contributed by atoms with Crippen LogP contribution in [-0.2, 0) is 9.53 Å². The number of carbonyl (C=O) groups is 2. The second-order valence-corrected chi connectivity index (χ2v) is 9.85. The van der Waals surface area contributed by atoms with Crippen molar-refractivity contribution >= 4 is 41.0 Å². The monoisotopic (exact) mass is 496 g/mol. The quantitative estimate of drug-likeness (QED) is 0.505. The number of hydrogen-bond donors (Lipinski definition) is 2. The predicted octanol–water partition coefficient (Wildman–Crippen LogP) is 5.86. The fourth-order valence-corrected chi connectivity index (χ4v) is 4.20. The molecule has 2 aromatic heterocycles. The first kappa shape index (κ1) is 25.2. The molecule has 0 radical (unpaired) electrons. The standard InChI is InChI=1S/C23H27Cl2FN4O3/c1-23(2,3)33-22(32)29-11-13-5-4-6-14(9-13)21(31)30-18-10-16(17(26)12-28-18)15-7-8-27-20(25)19(15)24/h7-8,10,12-14H,4-6,9,11H2,1-3H3,(H,29,32)(H,28,30,31)/t13-,14+/m1/s1. The zero-order chi connectivity index (χ0) is 24.2. The topological polar surface area (TPSA) is 93.2 Å². The van der Waals surface area contributed by atoms with Crippen LogP contribution in [0, 0.1) is 17.7 Å². The van der Waals surface area contributed by atoms with Gasteiger partial charge >= 0.3 is 6.09 Å². The summed E-state index contributed by atoms with van der Waals surface area (Å²) >= 11 is 12.1. The molecule has 1 fully saturated rings. The van der Waals surface area contributed by atoms with E-state index < -0.39 is 17.5 Å². The van der Waals surface area contributed by atoms with Crippen LogP contribution in [0.5, 0.6) is 0 Å². The Morgan fingerprint density at radius 3 is 2.70 bits per heavy atom. The highest BCUT2D eigenvalue weighted by Crippen LogP contribution is 2.35. The molecule has 0 aliphatic heterocycles. The van der Waals surface area contributed by atoms with Crippen LogP contribution in [0.1, 0.15) is 46.5 Å². The van der Waals surface area contributed by atoms with Crippen molar-refractivity contribution < 1.29 is 18.7 Å². The van der Waals surface area contributed by atoms with E-state index in [4.69, 9.17) is 27.9 Å². The number of pyridine rings is 2. The molecule has 1 aliphatic carbocycles. The predicted molar refractivity (Wildman–Crippen MR) is 126 cm³/mol. The minimum atomic E-state index is -0.594. The van der Waals surface area contributed by atoms with Crippen LogP contribution in [0.4, 0.5) is 15.0 Å². The van der Waals surface area contributed by atoms with Gasteiger partial charge in [0.25, 0.3) is 0 Å². The molecule has 178 valence electrons. The fourth-order valence-electron chi connectivity index (χ4n) is 3.82.